The third-order valence-electron chi connectivity index (χ3n) is 1.11. The molecule has 0 aromatic heterocycles. The summed E-state index contributed by atoms with van der Waals surface area (Å²) in [5, 5.41) is -16.5. The Balaban J connectivity index is 5.30. The Morgan fingerprint density at radius 1 is 0.571 bits per heavy atom. The highest BCUT2D eigenvalue weighted by atomic mass is 35.5. The van der Waals surface area contributed by atoms with Crippen molar-refractivity contribution in [1.82, 2.24) is 0 Å². The van der Waals surface area contributed by atoms with Crippen LogP contribution in [-0.2, 0) is 0 Å². The Hall–Kier alpha value is 0.380. The van der Waals surface area contributed by atoms with Gasteiger partial charge in [-0.3, -0.25) is 0 Å². The van der Waals surface area contributed by atoms with Crippen LogP contribution in [0.4, 0.5) is 30.7 Å². The summed E-state index contributed by atoms with van der Waals surface area (Å²) in [5.74, 6) is -6.03. The van der Waals surface area contributed by atoms with Crippen LogP contribution in [0.15, 0.2) is 0 Å². The van der Waals surface area contributed by atoms with E-state index in [1.165, 1.54) is 0 Å². The third-order valence-corrected chi connectivity index (χ3v) is 2.18. The lowest BCUT2D eigenvalue weighted by atomic mass is 10.2. The van der Waals surface area contributed by atoms with Gasteiger partial charge in [0.15, 0.2) is 0 Å². The van der Waals surface area contributed by atoms with Crippen molar-refractivity contribution in [3.63, 3.8) is 0 Å². The lowest BCUT2D eigenvalue weighted by Crippen LogP contribution is -2.57. The Morgan fingerprint density at radius 2 is 0.857 bits per heavy atom. The maximum absolute atomic E-state index is 12.4. The summed E-state index contributed by atoms with van der Waals surface area (Å²) in [7, 11) is 0. The molecule has 0 amide bonds. The first-order valence-corrected chi connectivity index (χ1v) is 3.77. The molecule has 0 N–H and O–H groups in total. The van der Waals surface area contributed by atoms with Gasteiger partial charge in [-0.2, -0.15) is 26.3 Å². The molecule has 0 nitrogen and oxygen atoms in total. The van der Waals surface area contributed by atoms with Gasteiger partial charge in [-0.25, -0.2) is 4.39 Å². The Kier molecular flexibility index (Phi) is 3.54. The molecule has 0 spiro atoms. The molecule has 0 aromatic carbocycles. The van der Waals surface area contributed by atoms with E-state index in [2.05, 4.69) is 34.8 Å². The molecular formula is C4Cl3F7. The molecule has 0 bridgehead atoms. The summed E-state index contributed by atoms with van der Waals surface area (Å²) >= 11 is 11.4. The second-order valence-corrected chi connectivity index (χ2v) is 3.61. The first-order valence-electron chi connectivity index (χ1n) is 2.64. The molecule has 10 heteroatoms. The molecule has 1 atom stereocenters. The SMILES string of the molecule is FC(F)(Cl)C(F)(F)C(F)(Cl)C(F)(F)Cl. The van der Waals surface area contributed by atoms with E-state index in [1.54, 1.807) is 0 Å². The smallest absolute Gasteiger partial charge is 0.211 e. The van der Waals surface area contributed by atoms with Crippen molar-refractivity contribution in [3.05, 3.63) is 0 Å². The Labute approximate surface area is 87.9 Å². The maximum Gasteiger partial charge on any atom is 0.389 e. The summed E-state index contributed by atoms with van der Waals surface area (Å²) in [6.07, 6.45) is 0. The van der Waals surface area contributed by atoms with Crippen molar-refractivity contribution in [3.8, 4) is 0 Å². The fourth-order valence-electron chi connectivity index (χ4n) is 0.356. The van der Waals surface area contributed by atoms with Gasteiger partial charge < -0.3 is 0 Å². The van der Waals surface area contributed by atoms with Gasteiger partial charge in [0, 0.05) is 0 Å². The highest BCUT2D eigenvalue weighted by Crippen LogP contribution is 2.56. The van der Waals surface area contributed by atoms with Gasteiger partial charge in [0.2, 0.25) is 0 Å². The van der Waals surface area contributed by atoms with Gasteiger partial charge in [0.1, 0.15) is 0 Å². The minimum Gasteiger partial charge on any atom is -0.211 e. The van der Waals surface area contributed by atoms with E-state index in [1.807, 2.05) is 0 Å². The van der Waals surface area contributed by atoms with Gasteiger partial charge in [-0.1, -0.05) is 11.6 Å². The van der Waals surface area contributed by atoms with E-state index in [0.717, 1.165) is 0 Å². The maximum atomic E-state index is 12.4. The first-order chi connectivity index (χ1) is 5.75. The van der Waals surface area contributed by atoms with Crippen LogP contribution < -0.4 is 0 Å². The largest absolute Gasteiger partial charge is 0.389 e. The minimum atomic E-state index is -6.03. The number of halogens is 10. The molecule has 0 aliphatic heterocycles. The summed E-state index contributed by atoms with van der Waals surface area (Å²) < 4.78 is 84.4. The van der Waals surface area contributed by atoms with Gasteiger partial charge in [-0.05, 0) is 23.2 Å². The normalized spacial score (nSPS) is 19.3. The van der Waals surface area contributed by atoms with Gasteiger partial charge in [-0.15, -0.1) is 0 Å². The molecule has 0 aliphatic carbocycles. The van der Waals surface area contributed by atoms with Gasteiger partial charge in [0.05, 0.1) is 0 Å². The van der Waals surface area contributed by atoms with Crippen LogP contribution in [0.3, 0.4) is 0 Å². The molecule has 14 heavy (non-hydrogen) atoms. The molecule has 1 unspecified atom stereocenters. The van der Waals surface area contributed by atoms with Crippen LogP contribution in [0, 0.1) is 0 Å². The lowest BCUT2D eigenvalue weighted by Gasteiger charge is -2.32. The van der Waals surface area contributed by atoms with Crippen LogP contribution in [0.2, 0.25) is 0 Å². The molecule has 0 rings (SSSR count). The predicted molar refractivity (Wildman–Crippen MR) is 36.2 cm³/mol. The van der Waals surface area contributed by atoms with Crippen molar-refractivity contribution < 1.29 is 30.7 Å². The average Bonchev–Trinajstić information content (AvgIpc) is 1.81. The van der Waals surface area contributed by atoms with E-state index >= 15 is 0 Å². The Bertz CT molecular complexity index is 190. The molecular weight excluding hydrogens is 287 g/mol. The van der Waals surface area contributed by atoms with Crippen LogP contribution in [0.5, 0.6) is 0 Å². The van der Waals surface area contributed by atoms with Crippen LogP contribution in [0.25, 0.3) is 0 Å². The van der Waals surface area contributed by atoms with Crippen molar-refractivity contribution in [2.45, 2.75) is 21.8 Å². The fourth-order valence-corrected chi connectivity index (χ4v) is 0.772. The summed E-state index contributed by atoms with van der Waals surface area (Å²) in [6.45, 7) is 0. The topological polar surface area (TPSA) is 0 Å². The summed E-state index contributed by atoms with van der Waals surface area (Å²) in [5.41, 5.74) is 0. The van der Waals surface area contributed by atoms with Gasteiger partial charge in [0.25, 0.3) is 0 Å². The van der Waals surface area contributed by atoms with E-state index in [0.29, 0.717) is 0 Å². The fraction of sp³-hybridized carbons (Fsp3) is 1.00. The Morgan fingerprint density at radius 3 is 0.929 bits per heavy atom. The van der Waals surface area contributed by atoms with E-state index in [4.69, 9.17) is 0 Å². The summed E-state index contributed by atoms with van der Waals surface area (Å²) in [4.78, 5) is 0. The first kappa shape index (κ1) is 14.4. The quantitative estimate of drug-likeness (QED) is 0.539. The molecule has 0 saturated carbocycles. The van der Waals surface area contributed by atoms with Crippen LogP contribution in [-0.4, -0.2) is 21.8 Å². The average molecular weight is 287 g/mol. The molecule has 86 valence electrons. The van der Waals surface area contributed by atoms with E-state index in [9.17, 15) is 30.7 Å². The monoisotopic (exact) mass is 286 g/mol. The number of hydrogen-bond acceptors (Lipinski definition) is 0. The summed E-state index contributed by atoms with van der Waals surface area (Å²) in [6, 6.07) is 0. The molecule has 0 saturated heterocycles. The molecule has 0 fully saturated rings. The predicted octanol–water partition coefficient (Wildman–Crippen LogP) is 4.19. The zero-order valence-electron chi connectivity index (χ0n) is 5.78. The standard InChI is InChI=1S/C4Cl3F7/c5-1(8,3(6,11)12)2(9,10)4(7,13)14. The third kappa shape index (κ3) is 2.14. The number of rotatable bonds is 3. The minimum absolute atomic E-state index is 3.72. The molecule has 0 aliphatic rings. The van der Waals surface area contributed by atoms with E-state index < -0.39 is 21.8 Å². The molecule has 0 heterocycles. The van der Waals surface area contributed by atoms with Crippen LogP contribution >= 0.6 is 34.8 Å². The lowest BCUT2D eigenvalue weighted by molar-refractivity contribution is -0.245. The van der Waals surface area contributed by atoms with Crippen molar-refractivity contribution in [2.24, 2.45) is 0 Å². The van der Waals surface area contributed by atoms with Crippen molar-refractivity contribution in [2.75, 3.05) is 0 Å². The second kappa shape index (κ2) is 3.45. The number of hydrogen-bond donors (Lipinski definition) is 0. The highest BCUT2D eigenvalue weighted by Gasteiger charge is 2.78. The zero-order chi connectivity index (χ0) is 12.0. The second-order valence-electron chi connectivity index (χ2n) is 2.14. The molecule has 0 aromatic rings. The van der Waals surface area contributed by atoms with Crippen molar-refractivity contribution in [1.29, 1.82) is 0 Å². The zero-order valence-corrected chi connectivity index (χ0v) is 8.05. The van der Waals surface area contributed by atoms with Gasteiger partial charge >= 0.3 is 21.8 Å². The highest BCUT2D eigenvalue weighted by molar-refractivity contribution is 6.34. The van der Waals surface area contributed by atoms with Crippen molar-refractivity contribution >= 4 is 34.8 Å². The van der Waals surface area contributed by atoms with E-state index in [-0.39, 0.29) is 0 Å². The van der Waals surface area contributed by atoms with Crippen LogP contribution in [0.1, 0.15) is 0 Å². The number of alkyl halides is 10. The molecule has 0 radical (unpaired) electrons.